The third-order valence-electron chi connectivity index (χ3n) is 5.04. The lowest BCUT2D eigenvalue weighted by atomic mass is 9.96. The van der Waals surface area contributed by atoms with E-state index in [-0.39, 0.29) is 11.8 Å². The lowest BCUT2D eigenvalue weighted by Crippen LogP contribution is -2.41. The summed E-state index contributed by atoms with van der Waals surface area (Å²) < 4.78 is 1.61. The van der Waals surface area contributed by atoms with E-state index in [1.54, 1.807) is 11.0 Å². The molecule has 1 amide bonds. The van der Waals surface area contributed by atoms with E-state index < -0.39 is 0 Å². The maximum Gasteiger partial charge on any atom is 0.223 e. The minimum atomic E-state index is 0.0589. The molecule has 0 unspecified atom stereocenters. The number of hydrogen-bond donors (Lipinski definition) is 1. The molecule has 1 aliphatic rings. The number of rotatable bonds is 6. The summed E-state index contributed by atoms with van der Waals surface area (Å²) in [6, 6.07) is 12.1. The van der Waals surface area contributed by atoms with Gasteiger partial charge in [0.15, 0.2) is 5.82 Å². The van der Waals surface area contributed by atoms with Crippen molar-refractivity contribution < 1.29 is 4.79 Å². The highest BCUT2D eigenvalue weighted by Crippen LogP contribution is 2.22. The molecular formula is C20H23N7O. The van der Waals surface area contributed by atoms with E-state index in [4.69, 9.17) is 0 Å². The zero-order chi connectivity index (χ0) is 19.2. The number of benzene rings is 1. The average Bonchev–Trinajstić information content (AvgIpc) is 3.30. The first-order chi connectivity index (χ1) is 13.8. The smallest absolute Gasteiger partial charge is 0.223 e. The molecule has 28 heavy (non-hydrogen) atoms. The normalized spacial score (nSPS) is 14.8. The lowest BCUT2D eigenvalue weighted by molar-refractivity contribution is -0.125. The Morgan fingerprint density at radius 3 is 2.61 bits per heavy atom. The molecule has 0 bridgehead atoms. The molecule has 1 aromatic carbocycles. The maximum atomic E-state index is 12.5. The third-order valence-corrected chi connectivity index (χ3v) is 5.04. The molecule has 4 rings (SSSR count). The fourth-order valence-electron chi connectivity index (χ4n) is 3.45. The van der Waals surface area contributed by atoms with Gasteiger partial charge in [-0.25, -0.2) is 19.6 Å². The molecule has 0 spiro atoms. The van der Waals surface area contributed by atoms with E-state index in [0.717, 1.165) is 38.2 Å². The molecular weight excluding hydrogens is 354 g/mol. The number of aromatic nitrogens is 5. The van der Waals surface area contributed by atoms with Crippen molar-refractivity contribution in [2.24, 2.45) is 5.92 Å². The maximum absolute atomic E-state index is 12.5. The summed E-state index contributed by atoms with van der Waals surface area (Å²) in [5.41, 5.74) is 1.24. The highest BCUT2D eigenvalue weighted by atomic mass is 16.1. The van der Waals surface area contributed by atoms with Crippen LogP contribution in [0.5, 0.6) is 0 Å². The van der Waals surface area contributed by atoms with Gasteiger partial charge in [0.05, 0.1) is 0 Å². The molecule has 8 nitrogen and oxygen atoms in total. The van der Waals surface area contributed by atoms with Gasteiger partial charge in [-0.2, -0.15) is 5.10 Å². The van der Waals surface area contributed by atoms with Gasteiger partial charge in [-0.3, -0.25) is 4.79 Å². The van der Waals surface area contributed by atoms with Crippen molar-refractivity contribution in [2.45, 2.75) is 19.3 Å². The molecule has 0 saturated carbocycles. The van der Waals surface area contributed by atoms with Crippen molar-refractivity contribution in [1.29, 1.82) is 0 Å². The van der Waals surface area contributed by atoms with Crippen LogP contribution in [0.1, 0.15) is 18.4 Å². The summed E-state index contributed by atoms with van der Waals surface area (Å²) in [5, 5.41) is 7.18. The average molecular weight is 377 g/mol. The largest absolute Gasteiger partial charge is 0.356 e. The summed E-state index contributed by atoms with van der Waals surface area (Å²) >= 11 is 0. The quantitative estimate of drug-likeness (QED) is 0.702. The van der Waals surface area contributed by atoms with Crippen molar-refractivity contribution in [3.8, 4) is 5.82 Å². The van der Waals surface area contributed by atoms with Crippen LogP contribution >= 0.6 is 0 Å². The SMILES string of the molecule is O=C(NCCc1ccccc1)C1CCN(c2cc(-n3cncn3)ncn2)CC1. The van der Waals surface area contributed by atoms with Gasteiger partial charge < -0.3 is 10.2 Å². The number of piperidine rings is 1. The molecule has 1 N–H and O–H groups in total. The lowest BCUT2D eigenvalue weighted by Gasteiger charge is -2.32. The summed E-state index contributed by atoms with van der Waals surface area (Å²) in [5.74, 6) is 1.75. The minimum Gasteiger partial charge on any atom is -0.356 e. The third kappa shape index (κ3) is 4.33. The van der Waals surface area contributed by atoms with Crippen LogP contribution in [0, 0.1) is 5.92 Å². The molecule has 3 heterocycles. The van der Waals surface area contributed by atoms with Gasteiger partial charge in [-0.1, -0.05) is 30.3 Å². The number of nitrogens with zero attached hydrogens (tertiary/aromatic N) is 6. The zero-order valence-corrected chi connectivity index (χ0v) is 15.6. The van der Waals surface area contributed by atoms with Crippen LogP contribution in [-0.4, -0.2) is 50.3 Å². The Morgan fingerprint density at radius 2 is 1.86 bits per heavy atom. The standard InChI is InChI=1S/C20H23N7O/c28-20(22-9-6-16-4-2-1-3-5-16)17-7-10-26(11-8-17)18-12-19(24-14-23-18)27-15-21-13-25-27/h1-5,12-15,17H,6-11H2,(H,22,28). The van der Waals surface area contributed by atoms with Gasteiger partial charge in [-0.15, -0.1) is 0 Å². The van der Waals surface area contributed by atoms with E-state index in [1.807, 2.05) is 24.3 Å². The van der Waals surface area contributed by atoms with Crippen molar-refractivity contribution >= 4 is 11.7 Å². The van der Waals surface area contributed by atoms with Gasteiger partial charge in [0.25, 0.3) is 0 Å². The summed E-state index contributed by atoms with van der Waals surface area (Å²) in [7, 11) is 0. The van der Waals surface area contributed by atoms with Crippen LogP contribution in [-0.2, 0) is 11.2 Å². The molecule has 0 atom stereocenters. The van der Waals surface area contributed by atoms with E-state index >= 15 is 0 Å². The summed E-state index contributed by atoms with van der Waals surface area (Å²) in [6.45, 7) is 2.27. The van der Waals surface area contributed by atoms with Gasteiger partial charge in [0.1, 0.15) is 24.8 Å². The number of anilines is 1. The Labute approximate surface area is 163 Å². The minimum absolute atomic E-state index is 0.0589. The predicted molar refractivity (Wildman–Crippen MR) is 105 cm³/mol. The predicted octanol–water partition coefficient (Wildman–Crippen LogP) is 1.63. The summed E-state index contributed by atoms with van der Waals surface area (Å²) in [4.78, 5) is 27.2. The Balaban J connectivity index is 1.27. The Hall–Kier alpha value is -3.29. The molecule has 1 aliphatic heterocycles. The molecule has 144 valence electrons. The van der Waals surface area contributed by atoms with Crippen molar-refractivity contribution in [1.82, 2.24) is 30.0 Å². The van der Waals surface area contributed by atoms with Gasteiger partial charge in [-0.05, 0) is 24.8 Å². The number of carbonyl (C=O) groups excluding carboxylic acids is 1. The molecule has 0 aliphatic carbocycles. The van der Waals surface area contributed by atoms with Crippen molar-refractivity contribution in [2.75, 3.05) is 24.5 Å². The van der Waals surface area contributed by atoms with Crippen LogP contribution in [0.25, 0.3) is 5.82 Å². The van der Waals surface area contributed by atoms with Crippen molar-refractivity contribution in [3.05, 3.63) is 60.9 Å². The summed E-state index contributed by atoms with van der Waals surface area (Å²) in [6.07, 6.45) is 7.12. The van der Waals surface area contributed by atoms with E-state index in [1.165, 1.54) is 18.2 Å². The van der Waals surface area contributed by atoms with Crippen LogP contribution in [0.2, 0.25) is 0 Å². The van der Waals surface area contributed by atoms with Gasteiger partial charge in [0.2, 0.25) is 5.91 Å². The van der Waals surface area contributed by atoms with Crippen LogP contribution in [0.4, 0.5) is 5.82 Å². The van der Waals surface area contributed by atoms with E-state index in [0.29, 0.717) is 12.4 Å². The first kappa shape index (κ1) is 18.1. The van der Waals surface area contributed by atoms with Crippen LogP contribution < -0.4 is 10.2 Å². The topological polar surface area (TPSA) is 88.8 Å². The Morgan fingerprint density at radius 1 is 1.07 bits per heavy atom. The molecule has 3 aromatic rings. The fourth-order valence-corrected chi connectivity index (χ4v) is 3.45. The Kier molecular flexibility index (Phi) is 5.56. The second kappa shape index (κ2) is 8.60. The Bertz CT molecular complexity index is 890. The molecule has 2 aromatic heterocycles. The second-order valence-electron chi connectivity index (χ2n) is 6.86. The highest BCUT2D eigenvalue weighted by Gasteiger charge is 2.25. The molecule has 1 saturated heterocycles. The number of amides is 1. The monoisotopic (exact) mass is 377 g/mol. The van der Waals surface area contributed by atoms with Crippen LogP contribution in [0.15, 0.2) is 55.4 Å². The van der Waals surface area contributed by atoms with Gasteiger partial charge in [0, 0.05) is 31.6 Å². The number of carbonyl (C=O) groups is 1. The van der Waals surface area contributed by atoms with Crippen LogP contribution in [0.3, 0.4) is 0 Å². The first-order valence-electron chi connectivity index (χ1n) is 9.53. The first-order valence-corrected chi connectivity index (χ1v) is 9.53. The molecule has 1 fully saturated rings. The molecule has 8 heteroatoms. The van der Waals surface area contributed by atoms with Crippen molar-refractivity contribution in [3.63, 3.8) is 0 Å². The number of nitrogens with one attached hydrogen (secondary N) is 1. The zero-order valence-electron chi connectivity index (χ0n) is 15.6. The molecule has 0 radical (unpaired) electrons. The van der Waals surface area contributed by atoms with E-state index in [2.05, 4.69) is 42.4 Å². The van der Waals surface area contributed by atoms with Gasteiger partial charge >= 0.3 is 0 Å². The van der Waals surface area contributed by atoms with E-state index in [9.17, 15) is 4.79 Å². The highest BCUT2D eigenvalue weighted by molar-refractivity contribution is 5.79. The fraction of sp³-hybridized carbons (Fsp3) is 0.350. The number of hydrogen-bond acceptors (Lipinski definition) is 6. The second-order valence-corrected chi connectivity index (χ2v) is 6.86.